The van der Waals surface area contributed by atoms with Gasteiger partial charge in [-0.3, -0.25) is 4.90 Å². The van der Waals surface area contributed by atoms with E-state index < -0.39 is 10.0 Å². The Balaban J connectivity index is 1.84. The Bertz CT molecular complexity index is 700. The van der Waals surface area contributed by atoms with Crippen LogP contribution in [-0.4, -0.2) is 49.6 Å². The first-order chi connectivity index (χ1) is 11.6. The van der Waals surface area contributed by atoms with Gasteiger partial charge in [0.2, 0.25) is 10.0 Å². The highest BCUT2D eigenvalue weighted by molar-refractivity contribution is 7.89. The van der Waals surface area contributed by atoms with Crippen molar-refractivity contribution in [3.8, 4) is 0 Å². The molecule has 0 aromatic heterocycles. The quantitative estimate of drug-likeness (QED) is 0.837. The van der Waals surface area contributed by atoms with Crippen molar-refractivity contribution in [3.63, 3.8) is 0 Å². The van der Waals surface area contributed by atoms with Crippen LogP contribution in [0.5, 0.6) is 0 Å². The molecule has 2 aromatic rings. The summed E-state index contributed by atoms with van der Waals surface area (Å²) < 4.78 is 25.8. The second-order valence-corrected chi connectivity index (χ2v) is 8.32. The molecule has 0 amide bonds. The summed E-state index contributed by atoms with van der Waals surface area (Å²) in [7, 11) is -3.09. The Morgan fingerprint density at radius 1 is 0.833 bits per heavy atom. The summed E-state index contributed by atoms with van der Waals surface area (Å²) in [6.45, 7) is 4.32. The summed E-state index contributed by atoms with van der Waals surface area (Å²) in [6, 6.07) is 21.0. The first-order valence-corrected chi connectivity index (χ1v) is 10.0. The summed E-state index contributed by atoms with van der Waals surface area (Å²) in [5.41, 5.74) is 2.49. The molecular formula is C19H24N2O2S. The first-order valence-electron chi connectivity index (χ1n) is 8.43. The van der Waals surface area contributed by atoms with E-state index in [0.717, 1.165) is 13.1 Å². The normalized spacial score (nSPS) is 17.2. The number of rotatable bonds is 5. The first kappa shape index (κ1) is 17.1. The van der Waals surface area contributed by atoms with Gasteiger partial charge in [0.1, 0.15) is 0 Å². The Labute approximate surface area is 144 Å². The Morgan fingerprint density at radius 2 is 1.29 bits per heavy atom. The van der Waals surface area contributed by atoms with Crippen LogP contribution in [0.4, 0.5) is 0 Å². The zero-order valence-electron chi connectivity index (χ0n) is 14.0. The van der Waals surface area contributed by atoms with Crippen molar-refractivity contribution in [3.05, 3.63) is 71.8 Å². The van der Waals surface area contributed by atoms with Crippen LogP contribution in [0.2, 0.25) is 0 Å². The third-order valence-corrected chi connectivity index (χ3v) is 6.51. The van der Waals surface area contributed by atoms with Gasteiger partial charge in [0.05, 0.1) is 11.8 Å². The highest BCUT2D eigenvalue weighted by Gasteiger charge is 2.30. The lowest BCUT2D eigenvalue weighted by Gasteiger charge is -2.39. The van der Waals surface area contributed by atoms with Crippen LogP contribution >= 0.6 is 0 Å². The lowest BCUT2D eigenvalue weighted by molar-refractivity contribution is 0.156. The second kappa shape index (κ2) is 7.47. The van der Waals surface area contributed by atoms with E-state index in [1.54, 1.807) is 11.2 Å². The molecule has 2 aromatic carbocycles. The molecule has 24 heavy (non-hydrogen) atoms. The van der Waals surface area contributed by atoms with Crippen molar-refractivity contribution < 1.29 is 8.42 Å². The van der Waals surface area contributed by atoms with Gasteiger partial charge in [-0.15, -0.1) is 0 Å². The van der Waals surface area contributed by atoms with Crippen LogP contribution in [0.15, 0.2) is 60.7 Å². The minimum absolute atomic E-state index is 0.166. The van der Waals surface area contributed by atoms with Crippen molar-refractivity contribution in [1.82, 2.24) is 9.21 Å². The molecule has 0 aliphatic carbocycles. The maximum Gasteiger partial charge on any atom is 0.213 e. The van der Waals surface area contributed by atoms with E-state index in [9.17, 15) is 8.42 Å². The summed E-state index contributed by atoms with van der Waals surface area (Å²) >= 11 is 0. The molecular weight excluding hydrogens is 320 g/mol. The molecule has 0 unspecified atom stereocenters. The van der Waals surface area contributed by atoms with E-state index in [1.807, 2.05) is 12.1 Å². The number of benzene rings is 2. The van der Waals surface area contributed by atoms with Gasteiger partial charge in [-0.2, -0.15) is 4.31 Å². The van der Waals surface area contributed by atoms with Gasteiger partial charge in [-0.1, -0.05) is 60.7 Å². The smallest absolute Gasteiger partial charge is 0.213 e. The van der Waals surface area contributed by atoms with Crippen LogP contribution < -0.4 is 0 Å². The van der Waals surface area contributed by atoms with Crippen molar-refractivity contribution in [2.24, 2.45) is 0 Å². The topological polar surface area (TPSA) is 40.6 Å². The van der Waals surface area contributed by atoms with E-state index in [4.69, 9.17) is 0 Å². The van der Waals surface area contributed by atoms with Crippen molar-refractivity contribution in [1.29, 1.82) is 0 Å². The lowest BCUT2D eigenvalue weighted by atomic mass is 9.96. The van der Waals surface area contributed by atoms with E-state index in [1.165, 1.54) is 11.1 Å². The van der Waals surface area contributed by atoms with Crippen LogP contribution in [0.1, 0.15) is 24.1 Å². The van der Waals surface area contributed by atoms with Crippen LogP contribution in [0.3, 0.4) is 0 Å². The molecule has 0 spiro atoms. The molecule has 0 atom stereocenters. The monoisotopic (exact) mass is 344 g/mol. The predicted molar refractivity (Wildman–Crippen MR) is 97.3 cm³/mol. The highest BCUT2D eigenvalue weighted by Crippen LogP contribution is 2.29. The Hall–Kier alpha value is -1.69. The lowest BCUT2D eigenvalue weighted by Crippen LogP contribution is -2.50. The van der Waals surface area contributed by atoms with E-state index >= 15 is 0 Å². The SMILES string of the molecule is CCS(=O)(=O)N1CCN(C(c2ccccc2)c2ccccc2)CC1. The zero-order valence-corrected chi connectivity index (χ0v) is 14.8. The fourth-order valence-corrected chi connectivity index (χ4v) is 4.39. The van der Waals surface area contributed by atoms with Gasteiger partial charge in [-0.25, -0.2) is 8.42 Å². The molecule has 1 fully saturated rings. The number of sulfonamides is 1. The third-order valence-electron chi connectivity index (χ3n) is 4.63. The third kappa shape index (κ3) is 3.69. The summed E-state index contributed by atoms with van der Waals surface area (Å²) in [4.78, 5) is 2.38. The van der Waals surface area contributed by atoms with Crippen LogP contribution in [0, 0.1) is 0 Å². The van der Waals surface area contributed by atoms with Crippen LogP contribution in [0.25, 0.3) is 0 Å². The number of piperazine rings is 1. The van der Waals surface area contributed by atoms with Gasteiger partial charge in [-0.05, 0) is 18.1 Å². The van der Waals surface area contributed by atoms with E-state index in [0.29, 0.717) is 13.1 Å². The van der Waals surface area contributed by atoms with Gasteiger partial charge < -0.3 is 0 Å². The van der Waals surface area contributed by atoms with E-state index in [2.05, 4.69) is 53.4 Å². The molecule has 4 nitrogen and oxygen atoms in total. The van der Waals surface area contributed by atoms with Crippen molar-refractivity contribution in [2.75, 3.05) is 31.9 Å². The summed E-state index contributed by atoms with van der Waals surface area (Å²) in [5.74, 6) is 0.174. The summed E-state index contributed by atoms with van der Waals surface area (Å²) in [5, 5.41) is 0. The van der Waals surface area contributed by atoms with Gasteiger partial charge in [0.15, 0.2) is 0 Å². The minimum atomic E-state index is -3.09. The molecule has 5 heteroatoms. The fraction of sp³-hybridized carbons (Fsp3) is 0.368. The molecule has 3 rings (SSSR count). The second-order valence-electron chi connectivity index (χ2n) is 6.06. The average Bonchev–Trinajstić information content (AvgIpc) is 2.64. The van der Waals surface area contributed by atoms with E-state index in [-0.39, 0.29) is 11.8 Å². The molecule has 0 saturated carbocycles. The van der Waals surface area contributed by atoms with Gasteiger partial charge in [0.25, 0.3) is 0 Å². The number of nitrogens with zero attached hydrogens (tertiary/aromatic N) is 2. The zero-order chi connectivity index (χ0) is 17.0. The molecule has 1 saturated heterocycles. The molecule has 1 aliphatic heterocycles. The maximum atomic E-state index is 12.1. The fourth-order valence-electron chi connectivity index (χ4n) is 3.31. The highest BCUT2D eigenvalue weighted by atomic mass is 32.2. The average molecular weight is 344 g/mol. The Kier molecular flexibility index (Phi) is 5.33. The van der Waals surface area contributed by atoms with Crippen LogP contribution in [-0.2, 0) is 10.0 Å². The van der Waals surface area contributed by atoms with Crippen molar-refractivity contribution in [2.45, 2.75) is 13.0 Å². The molecule has 1 heterocycles. The number of hydrogen-bond donors (Lipinski definition) is 0. The molecule has 0 radical (unpaired) electrons. The molecule has 0 N–H and O–H groups in total. The standard InChI is InChI=1S/C19H24N2O2S/c1-2-24(22,23)21-15-13-20(14-16-21)19(17-9-5-3-6-10-17)18-11-7-4-8-12-18/h3-12,19H,2,13-16H2,1H3. The maximum absolute atomic E-state index is 12.1. The molecule has 128 valence electrons. The van der Waals surface area contributed by atoms with Gasteiger partial charge in [0, 0.05) is 26.2 Å². The van der Waals surface area contributed by atoms with Crippen molar-refractivity contribution >= 4 is 10.0 Å². The predicted octanol–water partition coefficient (Wildman–Crippen LogP) is 2.74. The molecule has 1 aliphatic rings. The minimum Gasteiger partial charge on any atom is -0.290 e. The largest absolute Gasteiger partial charge is 0.290 e. The Morgan fingerprint density at radius 3 is 1.71 bits per heavy atom. The molecule has 0 bridgehead atoms. The van der Waals surface area contributed by atoms with Gasteiger partial charge >= 0.3 is 0 Å². The summed E-state index contributed by atoms with van der Waals surface area (Å²) in [6.07, 6.45) is 0. The number of hydrogen-bond acceptors (Lipinski definition) is 3.